The fraction of sp³-hybridized carbons (Fsp3) is 0.278. The van der Waals surface area contributed by atoms with Gasteiger partial charge in [0, 0.05) is 22.0 Å². The van der Waals surface area contributed by atoms with E-state index in [0.29, 0.717) is 5.13 Å². The first-order valence-corrected chi connectivity index (χ1v) is 9.59. The van der Waals surface area contributed by atoms with Crippen molar-refractivity contribution in [2.24, 2.45) is 0 Å². The standard InChI is InChI=1S/C18H19N3O2S2/c1-10-5-11(2)16(12(3)6-10)14-9-24-17(19-14)20-15(22)7-21-13(4)8-25-18(21)23/h5-6,8-9H,7H2,1-4H3,(H,19,20,22). The molecule has 0 saturated heterocycles. The Hall–Kier alpha value is -2.25. The smallest absolute Gasteiger partial charge is 0.300 e. The molecule has 2 heterocycles. The number of hydrogen-bond acceptors (Lipinski definition) is 5. The molecule has 0 aliphatic rings. The highest BCUT2D eigenvalue weighted by Gasteiger charge is 2.13. The normalized spacial score (nSPS) is 10.9. The second kappa shape index (κ2) is 6.93. The van der Waals surface area contributed by atoms with Gasteiger partial charge in [-0.25, -0.2) is 4.98 Å². The maximum absolute atomic E-state index is 12.2. The molecule has 7 heteroatoms. The molecule has 1 aromatic carbocycles. The van der Waals surface area contributed by atoms with E-state index in [4.69, 9.17) is 0 Å². The molecule has 0 bridgehead atoms. The van der Waals surface area contributed by atoms with Crippen molar-refractivity contribution < 1.29 is 4.79 Å². The van der Waals surface area contributed by atoms with Crippen LogP contribution in [0.4, 0.5) is 5.13 Å². The molecular weight excluding hydrogens is 354 g/mol. The van der Waals surface area contributed by atoms with Crippen molar-refractivity contribution >= 4 is 33.7 Å². The number of anilines is 1. The minimum absolute atomic E-state index is 0.00562. The first-order chi connectivity index (χ1) is 11.8. The Morgan fingerprint density at radius 3 is 2.40 bits per heavy atom. The molecule has 1 N–H and O–H groups in total. The van der Waals surface area contributed by atoms with E-state index in [2.05, 4.69) is 43.2 Å². The van der Waals surface area contributed by atoms with Crippen molar-refractivity contribution in [2.75, 3.05) is 5.32 Å². The quantitative estimate of drug-likeness (QED) is 0.754. The lowest BCUT2D eigenvalue weighted by Crippen LogP contribution is -2.25. The number of carbonyl (C=O) groups is 1. The predicted octanol–water partition coefficient (Wildman–Crippen LogP) is 3.91. The van der Waals surface area contributed by atoms with Crippen molar-refractivity contribution in [1.29, 1.82) is 0 Å². The second-order valence-electron chi connectivity index (χ2n) is 6.09. The Balaban J connectivity index is 1.78. The largest absolute Gasteiger partial charge is 0.307 e. The zero-order valence-electron chi connectivity index (χ0n) is 14.5. The molecule has 0 saturated carbocycles. The number of thiazole rings is 2. The van der Waals surface area contributed by atoms with Gasteiger partial charge in [0.15, 0.2) is 5.13 Å². The number of rotatable bonds is 4. The van der Waals surface area contributed by atoms with E-state index in [-0.39, 0.29) is 17.3 Å². The second-order valence-corrected chi connectivity index (χ2v) is 7.77. The number of benzene rings is 1. The first kappa shape index (κ1) is 17.6. The molecular formula is C18H19N3O2S2. The highest BCUT2D eigenvalue weighted by Crippen LogP contribution is 2.31. The third-order valence-corrected chi connectivity index (χ3v) is 5.60. The summed E-state index contributed by atoms with van der Waals surface area (Å²) in [7, 11) is 0. The van der Waals surface area contributed by atoms with Gasteiger partial charge in [-0.2, -0.15) is 0 Å². The average Bonchev–Trinajstić information content (AvgIpc) is 3.08. The van der Waals surface area contributed by atoms with Crippen molar-refractivity contribution in [2.45, 2.75) is 34.2 Å². The van der Waals surface area contributed by atoms with Gasteiger partial charge in [-0.3, -0.25) is 14.2 Å². The van der Waals surface area contributed by atoms with E-state index in [1.165, 1.54) is 32.6 Å². The van der Waals surface area contributed by atoms with Crippen LogP contribution in [0.2, 0.25) is 0 Å². The lowest BCUT2D eigenvalue weighted by atomic mass is 9.98. The fourth-order valence-corrected chi connectivity index (χ4v) is 4.38. The van der Waals surface area contributed by atoms with Gasteiger partial charge in [0.05, 0.1) is 5.69 Å². The third-order valence-electron chi connectivity index (χ3n) is 3.96. The van der Waals surface area contributed by atoms with Crippen LogP contribution < -0.4 is 10.2 Å². The lowest BCUT2D eigenvalue weighted by molar-refractivity contribution is -0.116. The molecule has 0 radical (unpaired) electrons. The Bertz CT molecular complexity index is 975. The van der Waals surface area contributed by atoms with E-state index >= 15 is 0 Å². The molecule has 0 aliphatic heterocycles. The Labute approximate surface area is 154 Å². The van der Waals surface area contributed by atoms with Crippen LogP contribution in [0.25, 0.3) is 11.3 Å². The van der Waals surface area contributed by atoms with Crippen LogP contribution in [0, 0.1) is 27.7 Å². The topological polar surface area (TPSA) is 64.0 Å². The van der Waals surface area contributed by atoms with Crippen molar-refractivity contribution in [3.63, 3.8) is 0 Å². The van der Waals surface area contributed by atoms with E-state index < -0.39 is 0 Å². The summed E-state index contributed by atoms with van der Waals surface area (Å²) in [5, 5.41) is 7.03. The lowest BCUT2D eigenvalue weighted by Gasteiger charge is -2.08. The Morgan fingerprint density at radius 1 is 1.12 bits per heavy atom. The molecule has 3 rings (SSSR count). The van der Waals surface area contributed by atoms with Crippen molar-refractivity contribution in [1.82, 2.24) is 9.55 Å². The number of nitrogens with one attached hydrogen (secondary N) is 1. The first-order valence-electron chi connectivity index (χ1n) is 7.83. The predicted molar refractivity (Wildman–Crippen MR) is 104 cm³/mol. The summed E-state index contributed by atoms with van der Waals surface area (Å²) in [5.41, 5.74) is 6.31. The van der Waals surface area contributed by atoms with Crippen LogP contribution in [0.1, 0.15) is 22.4 Å². The summed E-state index contributed by atoms with van der Waals surface area (Å²) in [4.78, 5) is 28.3. The molecule has 0 spiro atoms. The van der Waals surface area contributed by atoms with Crippen LogP contribution >= 0.6 is 22.7 Å². The number of amides is 1. The summed E-state index contributed by atoms with van der Waals surface area (Å²) >= 11 is 2.49. The minimum Gasteiger partial charge on any atom is -0.300 e. The summed E-state index contributed by atoms with van der Waals surface area (Å²) in [6, 6.07) is 4.26. The van der Waals surface area contributed by atoms with Gasteiger partial charge in [0.1, 0.15) is 6.54 Å². The van der Waals surface area contributed by atoms with Crippen LogP contribution in [0.3, 0.4) is 0 Å². The minimum atomic E-state index is -0.248. The summed E-state index contributed by atoms with van der Waals surface area (Å²) in [6.45, 7) is 8.03. The van der Waals surface area contributed by atoms with E-state index in [1.807, 2.05) is 12.3 Å². The number of nitrogens with zero attached hydrogens (tertiary/aromatic N) is 2. The molecule has 1 amide bonds. The van der Waals surface area contributed by atoms with Gasteiger partial charge in [-0.1, -0.05) is 29.0 Å². The van der Waals surface area contributed by atoms with Gasteiger partial charge in [-0.15, -0.1) is 11.3 Å². The number of hydrogen-bond donors (Lipinski definition) is 1. The molecule has 3 aromatic rings. The maximum atomic E-state index is 12.2. The third kappa shape index (κ3) is 3.72. The van der Waals surface area contributed by atoms with Crippen LogP contribution in [0.5, 0.6) is 0 Å². The molecule has 0 fully saturated rings. The highest BCUT2D eigenvalue weighted by molar-refractivity contribution is 7.14. The Kier molecular flexibility index (Phi) is 4.87. The van der Waals surface area contributed by atoms with Crippen LogP contribution in [-0.4, -0.2) is 15.5 Å². The molecule has 0 atom stereocenters. The Morgan fingerprint density at radius 2 is 1.80 bits per heavy atom. The van der Waals surface area contributed by atoms with E-state index in [0.717, 1.165) is 28.3 Å². The maximum Gasteiger partial charge on any atom is 0.307 e. The van der Waals surface area contributed by atoms with Gasteiger partial charge in [-0.05, 0) is 38.8 Å². The molecule has 130 valence electrons. The summed E-state index contributed by atoms with van der Waals surface area (Å²) in [5.74, 6) is -0.248. The zero-order chi connectivity index (χ0) is 18.1. The van der Waals surface area contributed by atoms with Crippen molar-refractivity contribution in [3.05, 3.63) is 54.9 Å². The molecule has 0 unspecified atom stereocenters. The number of carbonyl (C=O) groups excluding carboxylic acids is 1. The SMILES string of the molecule is Cc1cc(C)c(-c2csc(NC(=O)Cn3c(C)csc3=O)n2)c(C)c1. The zero-order valence-corrected chi connectivity index (χ0v) is 16.2. The van der Waals surface area contributed by atoms with Gasteiger partial charge < -0.3 is 5.32 Å². The van der Waals surface area contributed by atoms with Crippen LogP contribution in [-0.2, 0) is 11.3 Å². The number of aromatic nitrogens is 2. The summed E-state index contributed by atoms with van der Waals surface area (Å²) < 4.78 is 1.46. The van der Waals surface area contributed by atoms with Gasteiger partial charge >= 0.3 is 4.87 Å². The molecule has 25 heavy (non-hydrogen) atoms. The molecule has 2 aromatic heterocycles. The monoisotopic (exact) mass is 373 g/mol. The molecule has 0 aliphatic carbocycles. The van der Waals surface area contributed by atoms with Gasteiger partial charge in [0.25, 0.3) is 0 Å². The van der Waals surface area contributed by atoms with Crippen LogP contribution in [0.15, 0.2) is 27.7 Å². The van der Waals surface area contributed by atoms with E-state index in [1.54, 1.807) is 5.38 Å². The highest BCUT2D eigenvalue weighted by atomic mass is 32.1. The van der Waals surface area contributed by atoms with E-state index in [9.17, 15) is 9.59 Å². The average molecular weight is 374 g/mol. The summed E-state index contributed by atoms with van der Waals surface area (Å²) in [6.07, 6.45) is 0. The number of aryl methyl sites for hydroxylation is 4. The fourth-order valence-electron chi connectivity index (χ4n) is 2.93. The van der Waals surface area contributed by atoms with Gasteiger partial charge in [0.2, 0.25) is 5.91 Å². The molecule has 5 nitrogen and oxygen atoms in total. The van der Waals surface area contributed by atoms with Crippen molar-refractivity contribution in [3.8, 4) is 11.3 Å².